The molecule has 0 spiro atoms. The highest BCUT2D eigenvalue weighted by Gasteiger charge is 2.39. The minimum absolute atomic E-state index is 0.0148. The van der Waals surface area contributed by atoms with Crippen LogP contribution in [0.1, 0.15) is 74.4 Å². The number of benzene rings is 2. The van der Waals surface area contributed by atoms with Crippen LogP contribution in [-0.4, -0.2) is 72.8 Å². The van der Waals surface area contributed by atoms with E-state index in [1.165, 1.54) is 48.7 Å². The summed E-state index contributed by atoms with van der Waals surface area (Å²) in [6.45, 7) is 2.83. The van der Waals surface area contributed by atoms with Crippen LogP contribution >= 0.6 is 11.6 Å². The lowest BCUT2D eigenvalue weighted by Crippen LogP contribution is -2.46. The van der Waals surface area contributed by atoms with Crippen molar-refractivity contribution in [3.05, 3.63) is 83.2 Å². The molecule has 18 heteroatoms. The van der Waals surface area contributed by atoms with Gasteiger partial charge in [0.15, 0.2) is 11.8 Å². The zero-order valence-corrected chi connectivity index (χ0v) is 28.4. The van der Waals surface area contributed by atoms with Gasteiger partial charge < -0.3 is 15.8 Å². The molecule has 2 amide bonds. The Morgan fingerprint density at radius 2 is 1.82 bits per heavy atom. The van der Waals surface area contributed by atoms with E-state index in [1.54, 1.807) is 0 Å². The Hall–Kier alpha value is -5.06. The molecule has 2 aromatic carbocycles. The summed E-state index contributed by atoms with van der Waals surface area (Å²) < 4.78 is 74.2. The molecule has 51 heavy (non-hydrogen) atoms. The highest BCUT2D eigenvalue weighted by atomic mass is 35.5. The maximum Gasteiger partial charge on any atom is 0.407 e. The van der Waals surface area contributed by atoms with Gasteiger partial charge in [-0.25, -0.2) is 32.3 Å². The van der Waals surface area contributed by atoms with E-state index in [2.05, 4.69) is 25.5 Å². The van der Waals surface area contributed by atoms with Crippen molar-refractivity contribution in [1.29, 1.82) is 0 Å². The van der Waals surface area contributed by atoms with Gasteiger partial charge >= 0.3 is 12.6 Å². The van der Waals surface area contributed by atoms with Crippen molar-refractivity contribution in [1.82, 2.24) is 34.8 Å². The van der Waals surface area contributed by atoms with Gasteiger partial charge in [-0.1, -0.05) is 50.6 Å². The molecule has 1 aliphatic carbocycles. The second-order valence-electron chi connectivity index (χ2n) is 12.9. The Kier molecular flexibility index (Phi) is 11.3. The van der Waals surface area contributed by atoms with Gasteiger partial charge in [0.1, 0.15) is 19.1 Å². The Labute approximate surface area is 294 Å². The molecule has 2 aromatic heterocycles. The van der Waals surface area contributed by atoms with E-state index in [4.69, 9.17) is 22.1 Å². The first-order valence-electron chi connectivity index (χ1n) is 15.7. The molecule has 1 fully saturated rings. The number of halogens is 6. The van der Waals surface area contributed by atoms with Crippen molar-refractivity contribution in [3.63, 3.8) is 0 Å². The number of alkyl carbamates (subject to hydrolysis) is 1. The van der Waals surface area contributed by atoms with Crippen molar-refractivity contribution >= 4 is 29.6 Å². The molecule has 12 nitrogen and oxygen atoms in total. The van der Waals surface area contributed by atoms with Crippen LogP contribution in [0.4, 0.5) is 26.7 Å². The number of hydrogen-bond acceptors (Lipinski definition) is 7. The summed E-state index contributed by atoms with van der Waals surface area (Å²) in [5, 5.41) is 9.95. The normalized spacial score (nSPS) is 16.7. The number of nitrogens with zero attached hydrogens (tertiary/aromatic N) is 7. The Balaban J connectivity index is 1.56. The van der Waals surface area contributed by atoms with Crippen molar-refractivity contribution < 1.29 is 36.3 Å². The van der Waals surface area contributed by atoms with Crippen LogP contribution in [0.25, 0.3) is 16.8 Å². The summed E-state index contributed by atoms with van der Waals surface area (Å²) >= 11 is 6.43. The quantitative estimate of drug-likeness (QED) is 0.0916. The van der Waals surface area contributed by atoms with Crippen molar-refractivity contribution in [2.24, 2.45) is 16.1 Å². The number of hydrogen-bond donors (Lipinski definition) is 2. The van der Waals surface area contributed by atoms with Gasteiger partial charge in [0.05, 0.1) is 29.0 Å². The largest absolute Gasteiger partial charge is 0.447 e. The van der Waals surface area contributed by atoms with Gasteiger partial charge in [0, 0.05) is 30.3 Å². The zero-order valence-electron chi connectivity index (χ0n) is 27.7. The minimum Gasteiger partial charge on any atom is -0.447 e. The van der Waals surface area contributed by atoms with E-state index in [0.29, 0.717) is 22.2 Å². The number of nitrogens with one attached hydrogen (secondary N) is 1. The molecule has 1 aliphatic rings. The predicted octanol–water partition coefficient (Wildman–Crippen LogP) is 6.89. The summed E-state index contributed by atoms with van der Waals surface area (Å²) in [6, 6.07) is 8.26. The van der Waals surface area contributed by atoms with Crippen LogP contribution in [-0.2, 0) is 4.74 Å². The zero-order chi connectivity index (χ0) is 37.0. The SMILES string of the molecule is CC(C)(C)CCN=C(N)N(C(=O)c1ccc(-c2cnn(C(F)F)c2)cc1)[C@H](COC(=O)N[C@@H]1C[C@@H]1F)c1ccc(Cl)c(-n2ncnc2C(F)F)c1. The fourth-order valence-electron chi connectivity index (χ4n) is 4.99. The molecule has 0 aliphatic heterocycles. The summed E-state index contributed by atoms with van der Waals surface area (Å²) in [7, 11) is 0. The molecule has 2 heterocycles. The number of amides is 2. The van der Waals surface area contributed by atoms with Crippen LogP contribution < -0.4 is 11.1 Å². The van der Waals surface area contributed by atoms with Crippen LogP contribution in [0, 0.1) is 5.41 Å². The number of carbonyl (C=O) groups excluding carboxylic acids is 2. The Morgan fingerprint density at radius 3 is 2.43 bits per heavy atom. The molecule has 0 saturated heterocycles. The first-order chi connectivity index (χ1) is 24.1. The average molecular weight is 736 g/mol. The van der Waals surface area contributed by atoms with Crippen LogP contribution in [0.5, 0.6) is 0 Å². The third-order valence-electron chi connectivity index (χ3n) is 7.92. The lowest BCUT2D eigenvalue weighted by molar-refractivity contribution is 0.0566. The molecule has 4 aromatic rings. The van der Waals surface area contributed by atoms with Gasteiger partial charge in [-0.3, -0.25) is 14.7 Å². The molecule has 0 radical (unpaired) electrons. The first-order valence-corrected chi connectivity index (χ1v) is 16.1. The molecular weight excluding hydrogens is 701 g/mol. The number of rotatable bonds is 12. The topological polar surface area (TPSA) is 146 Å². The standard InChI is InChI=1S/C33H35ClF5N9O3/c1-33(2,3)10-11-41-31(40)47(29(49)19-6-4-18(5-7-19)21-14-43-46(15-21)30(38)39)26(16-51-32(50)45-24-13-23(24)35)20-8-9-22(34)25(12-20)48-28(27(36)37)42-17-44-48/h4-9,12,14-15,17,23-24,26-27,30H,10-11,13,16H2,1-3H3,(H2,40,41)(H,45,50)/t23-,24+,26+/m0/s1. The molecule has 5 rings (SSSR count). The lowest BCUT2D eigenvalue weighted by atomic mass is 9.92. The third kappa shape index (κ3) is 9.19. The molecule has 3 N–H and O–H groups in total. The summed E-state index contributed by atoms with van der Waals surface area (Å²) in [4.78, 5) is 36.3. The van der Waals surface area contributed by atoms with Gasteiger partial charge in [0.2, 0.25) is 0 Å². The van der Waals surface area contributed by atoms with E-state index in [9.17, 15) is 31.5 Å². The third-order valence-corrected chi connectivity index (χ3v) is 8.24. The van der Waals surface area contributed by atoms with Crippen molar-refractivity contribution in [3.8, 4) is 16.8 Å². The van der Waals surface area contributed by atoms with E-state index >= 15 is 0 Å². The fraction of sp³-hybridized carbons (Fsp3) is 0.394. The lowest BCUT2D eigenvalue weighted by Gasteiger charge is -2.32. The molecule has 0 bridgehead atoms. The highest BCUT2D eigenvalue weighted by molar-refractivity contribution is 6.32. The summed E-state index contributed by atoms with van der Waals surface area (Å²) in [6.07, 6.45) is -1.12. The first kappa shape index (κ1) is 37.2. The molecule has 3 atom stereocenters. The van der Waals surface area contributed by atoms with Gasteiger partial charge in [-0.05, 0) is 47.2 Å². The van der Waals surface area contributed by atoms with Crippen LogP contribution in [0.15, 0.2) is 66.2 Å². The number of guanidine groups is 1. The number of alkyl halides is 5. The predicted molar refractivity (Wildman–Crippen MR) is 177 cm³/mol. The van der Waals surface area contributed by atoms with Gasteiger partial charge in [0.25, 0.3) is 12.3 Å². The van der Waals surface area contributed by atoms with E-state index in [0.717, 1.165) is 22.1 Å². The van der Waals surface area contributed by atoms with Crippen LogP contribution in [0.2, 0.25) is 5.02 Å². The van der Waals surface area contributed by atoms with Crippen molar-refractivity contribution in [2.45, 2.75) is 64.8 Å². The Morgan fingerprint density at radius 1 is 1.12 bits per heavy atom. The molecule has 272 valence electrons. The average Bonchev–Trinajstić information content (AvgIpc) is 3.44. The minimum atomic E-state index is -3.01. The maximum absolute atomic E-state index is 14.4. The monoisotopic (exact) mass is 735 g/mol. The number of ether oxygens (including phenoxy) is 1. The second-order valence-corrected chi connectivity index (χ2v) is 13.4. The molecule has 1 saturated carbocycles. The Bertz CT molecular complexity index is 1880. The highest BCUT2D eigenvalue weighted by Crippen LogP contribution is 2.32. The van der Waals surface area contributed by atoms with Crippen molar-refractivity contribution in [2.75, 3.05) is 13.2 Å². The summed E-state index contributed by atoms with van der Waals surface area (Å²) in [5.74, 6) is -1.65. The number of nitrogens with two attached hydrogens (primary N) is 1. The van der Waals surface area contributed by atoms with Crippen LogP contribution in [0.3, 0.4) is 0 Å². The second kappa shape index (κ2) is 15.4. The van der Waals surface area contributed by atoms with Gasteiger partial charge in [-0.15, -0.1) is 0 Å². The van der Waals surface area contributed by atoms with Gasteiger partial charge in [-0.2, -0.15) is 19.0 Å². The van der Waals surface area contributed by atoms with E-state index < -0.39 is 55.7 Å². The van der Waals surface area contributed by atoms with E-state index in [-0.39, 0.29) is 46.2 Å². The molecule has 0 unspecified atom stereocenters. The summed E-state index contributed by atoms with van der Waals surface area (Å²) in [5.41, 5.74) is 7.56. The maximum atomic E-state index is 14.4. The number of carbonyl (C=O) groups is 2. The number of aliphatic imine (C=N–C) groups is 1. The smallest absolute Gasteiger partial charge is 0.407 e. The molecular formula is C33H35ClF5N9O3. The van der Waals surface area contributed by atoms with E-state index in [1.807, 2.05) is 20.8 Å². The number of aromatic nitrogens is 5. The fourth-order valence-corrected chi connectivity index (χ4v) is 5.19.